The molecule has 1 aromatic rings. The van der Waals surface area contributed by atoms with Crippen LogP contribution >= 0.6 is 28.3 Å². The van der Waals surface area contributed by atoms with Gasteiger partial charge in [-0.25, -0.2) is 0 Å². The van der Waals surface area contributed by atoms with E-state index in [2.05, 4.69) is 21.2 Å². The van der Waals surface area contributed by atoms with Crippen LogP contribution in [0.4, 0.5) is 0 Å². The SMILES string of the molecule is CCN(CCOc1ccc(Br)cc1)C(=O)C1CCCN1.Cl. The first-order valence-corrected chi connectivity index (χ1v) is 7.90. The number of benzene rings is 1. The number of nitrogens with zero attached hydrogens (tertiary/aromatic N) is 1. The van der Waals surface area contributed by atoms with Gasteiger partial charge in [-0.05, 0) is 50.6 Å². The van der Waals surface area contributed by atoms with Crippen molar-refractivity contribution in [2.45, 2.75) is 25.8 Å². The summed E-state index contributed by atoms with van der Waals surface area (Å²) in [5.41, 5.74) is 0. The Labute approximate surface area is 140 Å². The summed E-state index contributed by atoms with van der Waals surface area (Å²) in [6.45, 7) is 4.83. The summed E-state index contributed by atoms with van der Waals surface area (Å²) in [6, 6.07) is 7.73. The van der Waals surface area contributed by atoms with Crippen LogP contribution in [0.2, 0.25) is 0 Å². The van der Waals surface area contributed by atoms with Crippen molar-refractivity contribution in [2.24, 2.45) is 0 Å². The molecular weight excluding hydrogens is 356 g/mol. The Balaban J connectivity index is 0.00000220. The second-order valence-corrected chi connectivity index (χ2v) is 5.78. The highest BCUT2D eigenvalue weighted by Crippen LogP contribution is 2.16. The minimum Gasteiger partial charge on any atom is -0.492 e. The molecule has 0 aliphatic carbocycles. The Morgan fingerprint density at radius 2 is 2.14 bits per heavy atom. The smallest absolute Gasteiger partial charge is 0.239 e. The van der Waals surface area contributed by atoms with Crippen molar-refractivity contribution in [1.29, 1.82) is 0 Å². The quantitative estimate of drug-likeness (QED) is 0.829. The predicted octanol–water partition coefficient (Wildman–Crippen LogP) is 2.85. The molecule has 1 N–H and O–H groups in total. The normalized spacial score (nSPS) is 17.1. The van der Waals surface area contributed by atoms with E-state index in [1.54, 1.807) is 0 Å². The van der Waals surface area contributed by atoms with Crippen molar-refractivity contribution in [3.8, 4) is 5.75 Å². The molecule has 1 atom stereocenters. The zero-order valence-electron chi connectivity index (χ0n) is 12.2. The Morgan fingerprint density at radius 3 is 2.71 bits per heavy atom. The van der Waals surface area contributed by atoms with Crippen LogP contribution in [0.1, 0.15) is 19.8 Å². The maximum absolute atomic E-state index is 12.3. The first kappa shape index (κ1) is 18.3. The first-order chi connectivity index (χ1) is 9.70. The molecule has 0 bridgehead atoms. The van der Waals surface area contributed by atoms with E-state index in [0.29, 0.717) is 13.2 Å². The van der Waals surface area contributed by atoms with Gasteiger partial charge in [0.1, 0.15) is 12.4 Å². The van der Waals surface area contributed by atoms with Crippen molar-refractivity contribution in [1.82, 2.24) is 10.2 Å². The van der Waals surface area contributed by atoms with Crippen molar-refractivity contribution in [3.63, 3.8) is 0 Å². The summed E-state index contributed by atoms with van der Waals surface area (Å²) in [5, 5.41) is 3.25. The van der Waals surface area contributed by atoms with Gasteiger partial charge in [0, 0.05) is 11.0 Å². The van der Waals surface area contributed by atoms with Gasteiger partial charge in [-0.15, -0.1) is 12.4 Å². The van der Waals surface area contributed by atoms with Gasteiger partial charge in [-0.1, -0.05) is 15.9 Å². The Kier molecular flexibility index (Phi) is 8.07. The fourth-order valence-electron chi connectivity index (χ4n) is 2.34. The van der Waals surface area contributed by atoms with Gasteiger partial charge in [-0.2, -0.15) is 0 Å². The highest BCUT2D eigenvalue weighted by Gasteiger charge is 2.25. The molecule has 1 aliphatic rings. The largest absolute Gasteiger partial charge is 0.492 e. The van der Waals surface area contributed by atoms with E-state index in [9.17, 15) is 4.79 Å². The second kappa shape index (κ2) is 9.28. The standard InChI is InChI=1S/C15H21BrN2O2.ClH/c1-2-18(15(19)14-4-3-9-17-14)10-11-20-13-7-5-12(16)6-8-13;/h5-8,14,17H,2-4,9-11H2,1H3;1H. The maximum Gasteiger partial charge on any atom is 0.239 e. The van der Waals surface area contributed by atoms with E-state index >= 15 is 0 Å². The molecule has 0 saturated carbocycles. The molecule has 1 heterocycles. The highest BCUT2D eigenvalue weighted by atomic mass is 79.9. The van der Waals surface area contributed by atoms with E-state index < -0.39 is 0 Å². The van der Waals surface area contributed by atoms with E-state index in [1.165, 1.54) is 0 Å². The third kappa shape index (κ3) is 5.49. The summed E-state index contributed by atoms with van der Waals surface area (Å²) >= 11 is 3.39. The molecule has 0 spiro atoms. The number of nitrogens with one attached hydrogen (secondary N) is 1. The van der Waals surface area contributed by atoms with E-state index in [-0.39, 0.29) is 24.4 Å². The van der Waals surface area contributed by atoms with Gasteiger partial charge in [0.15, 0.2) is 0 Å². The monoisotopic (exact) mass is 376 g/mol. The lowest BCUT2D eigenvalue weighted by atomic mass is 10.2. The number of hydrogen-bond acceptors (Lipinski definition) is 3. The lowest BCUT2D eigenvalue weighted by molar-refractivity contribution is -0.133. The number of amides is 1. The molecule has 1 amide bonds. The minimum absolute atomic E-state index is 0. The van der Waals surface area contributed by atoms with Crippen LogP contribution in [0, 0.1) is 0 Å². The topological polar surface area (TPSA) is 41.6 Å². The van der Waals surface area contributed by atoms with Gasteiger partial charge >= 0.3 is 0 Å². The zero-order valence-corrected chi connectivity index (χ0v) is 14.6. The fourth-order valence-corrected chi connectivity index (χ4v) is 2.61. The first-order valence-electron chi connectivity index (χ1n) is 7.11. The van der Waals surface area contributed by atoms with Crippen LogP contribution in [0.25, 0.3) is 0 Å². The number of hydrogen-bond donors (Lipinski definition) is 1. The molecule has 6 heteroatoms. The average Bonchev–Trinajstić information content (AvgIpc) is 2.99. The Bertz CT molecular complexity index is 436. The minimum atomic E-state index is 0. The molecule has 21 heavy (non-hydrogen) atoms. The van der Waals surface area contributed by atoms with Gasteiger partial charge in [0.25, 0.3) is 0 Å². The van der Waals surface area contributed by atoms with Gasteiger partial charge < -0.3 is 15.0 Å². The van der Waals surface area contributed by atoms with Crippen molar-refractivity contribution in [3.05, 3.63) is 28.7 Å². The van der Waals surface area contributed by atoms with Crippen molar-refractivity contribution >= 4 is 34.2 Å². The van der Waals surface area contributed by atoms with Crippen LogP contribution in [0.5, 0.6) is 5.75 Å². The Hall–Kier alpha value is -0.780. The number of halogens is 2. The lowest BCUT2D eigenvalue weighted by Crippen LogP contribution is -2.45. The molecular formula is C15H22BrClN2O2. The molecule has 1 fully saturated rings. The summed E-state index contributed by atoms with van der Waals surface area (Å²) in [6.07, 6.45) is 2.03. The molecule has 4 nitrogen and oxygen atoms in total. The fraction of sp³-hybridized carbons (Fsp3) is 0.533. The molecule has 0 aromatic heterocycles. The summed E-state index contributed by atoms with van der Waals surface area (Å²) in [5.74, 6) is 1.03. The average molecular weight is 378 g/mol. The molecule has 0 radical (unpaired) electrons. The number of carbonyl (C=O) groups is 1. The third-order valence-corrected chi connectivity index (χ3v) is 4.02. The number of rotatable bonds is 6. The van der Waals surface area contributed by atoms with Crippen LogP contribution in [-0.4, -0.2) is 43.1 Å². The molecule has 118 valence electrons. The number of carbonyl (C=O) groups excluding carboxylic acids is 1. The highest BCUT2D eigenvalue weighted by molar-refractivity contribution is 9.10. The third-order valence-electron chi connectivity index (χ3n) is 3.50. The van der Waals surface area contributed by atoms with Crippen molar-refractivity contribution < 1.29 is 9.53 Å². The van der Waals surface area contributed by atoms with E-state index in [4.69, 9.17) is 4.74 Å². The van der Waals surface area contributed by atoms with Crippen LogP contribution in [0.3, 0.4) is 0 Å². The van der Waals surface area contributed by atoms with E-state index in [0.717, 1.165) is 36.2 Å². The molecule has 1 saturated heterocycles. The van der Waals surface area contributed by atoms with Crippen LogP contribution in [0.15, 0.2) is 28.7 Å². The number of ether oxygens (including phenoxy) is 1. The Morgan fingerprint density at radius 1 is 1.43 bits per heavy atom. The zero-order chi connectivity index (χ0) is 14.4. The molecule has 1 unspecified atom stereocenters. The van der Waals surface area contributed by atoms with Crippen LogP contribution < -0.4 is 10.1 Å². The summed E-state index contributed by atoms with van der Waals surface area (Å²) in [4.78, 5) is 14.1. The van der Waals surface area contributed by atoms with E-state index in [1.807, 2.05) is 36.1 Å². The number of likely N-dealkylation sites (N-methyl/N-ethyl adjacent to an activating group) is 1. The molecule has 1 aromatic carbocycles. The van der Waals surface area contributed by atoms with Gasteiger partial charge in [0.2, 0.25) is 5.91 Å². The summed E-state index contributed by atoms with van der Waals surface area (Å²) < 4.78 is 6.70. The van der Waals surface area contributed by atoms with Gasteiger partial charge in [0.05, 0.1) is 12.6 Å². The maximum atomic E-state index is 12.3. The molecule has 1 aliphatic heterocycles. The predicted molar refractivity (Wildman–Crippen MR) is 90.2 cm³/mol. The van der Waals surface area contributed by atoms with Gasteiger partial charge in [-0.3, -0.25) is 4.79 Å². The second-order valence-electron chi connectivity index (χ2n) is 4.87. The summed E-state index contributed by atoms with van der Waals surface area (Å²) in [7, 11) is 0. The van der Waals surface area contributed by atoms with Crippen molar-refractivity contribution in [2.75, 3.05) is 26.2 Å². The molecule has 2 rings (SSSR count). The lowest BCUT2D eigenvalue weighted by Gasteiger charge is -2.24. The van der Waals surface area contributed by atoms with Crippen LogP contribution in [-0.2, 0) is 4.79 Å².